The summed E-state index contributed by atoms with van der Waals surface area (Å²) in [6.45, 7) is 7.15. The minimum Gasteiger partial charge on any atom is -0.496 e. The van der Waals surface area contributed by atoms with Crippen molar-refractivity contribution < 1.29 is 14.4 Å². The monoisotopic (exact) mass is 330 g/mol. The number of hydrogen-bond donors (Lipinski definition) is 1. The molecular formula is C19H26N2O3. The lowest BCUT2D eigenvalue weighted by molar-refractivity contribution is 0.220. The van der Waals surface area contributed by atoms with Crippen LogP contribution < -0.4 is 4.74 Å². The highest BCUT2D eigenvalue weighted by molar-refractivity contribution is 5.41. The maximum atomic E-state index is 9.30. The molecule has 24 heavy (non-hydrogen) atoms. The Balaban J connectivity index is 1.78. The van der Waals surface area contributed by atoms with E-state index in [9.17, 15) is 5.11 Å². The lowest BCUT2D eigenvalue weighted by Gasteiger charge is -2.17. The van der Waals surface area contributed by atoms with Gasteiger partial charge in [-0.25, -0.2) is 0 Å². The molecule has 2 aromatic rings. The highest BCUT2D eigenvalue weighted by Gasteiger charge is 2.22. The van der Waals surface area contributed by atoms with Crippen molar-refractivity contribution in [2.24, 2.45) is 5.92 Å². The molecule has 0 saturated carbocycles. The molecule has 1 aliphatic rings. The Morgan fingerprint density at radius 1 is 1.38 bits per heavy atom. The molecule has 1 N–H and O–H groups in total. The van der Waals surface area contributed by atoms with Crippen LogP contribution in [0.25, 0.3) is 0 Å². The number of hydrogen-bond acceptors (Lipinski definition) is 5. The number of ether oxygens (including phenoxy) is 1. The normalized spacial score (nSPS) is 18.2. The first kappa shape index (κ1) is 17.0. The third-order valence-corrected chi connectivity index (χ3v) is 4.93. The number of benzene rings is 1. The SMILES string of the molecule is COc1ccc(CN2CC[C@H](CO)C2)cc1Cc1c(C)noc1C. The van der Waals surface area contributed by atoms with Gasteiger partial charge in [0, 0.05) is 31.7 Å². The van der Waals surface area contributed by atoms with E-state index in [0.29, 0.717) is 5.92 Å². The Labute approximate surface area is 143 Å². The first-order chi connectivity index (χ1) is 11.6. The van der Waals surface area contributed by atoms with Crippen molar-refractivity contribution in [3.63, 3.8) is 0 Å². The van der Waals surface area contributed by atoms with Gasteiger partial charge in [-0.1, -0.05) is 17.3 Å². The van der Waals surface area contributed by atoms with Gasteiger partial charge in [0.25, 0.3) is 0 Å². The van der Waals surface area contributed by atoms with Crippen molar-refractivity contribution in [3.8, 4) is 5.75 Å². The third kappa shape index (κ3) is 3.62. The predicted molar refractivity (Wildman–Crippen MR) is 92.2 cm³/mol. The molecule has 0 radical (unpaired) electrons. The number of aryl methyl sites for hydroxylation is 2. The summed E-state index contributed by atoms with van der Waals surface area (Å²) in [6.07, 6.45) is 1.84. The van der Waals surface area contributed by atoms with Gasteiger partial charge < -0.3 is 14.4 Å². The van der Waals surface area contributed by atoms with E-state index in [-0.39, 0.29) is 6.61 Å². The molecule has 1 aliphatic heterocycles. The van der Waals surface area contributed by atoms with Crippen LogP contribution in [-0.4, -0.2) is 42.0 Å². The fraction of sp³-hybridized carbons (Fsp3) is 0.526. The summed E-state index contributed by atoms with van der Waals surface area (Å²) in [7, 11) is 1.71. The Bertz CT molecular complexity index is 676. The van der Waals surface area contributed by atoms with Crippen LogP contribution in [0, 0.1) is 19.8 Å². The molecule has 1 atom stereocenters. The largest absolute Gasteiger partial charge is 0.496 e. The average molecular weight is 330 g/mol. The smallest absolute Gasteiger partial charge is 0.137 e. The van der Waals surface area contributed by atoms with Gasteiger partial charge in [-0.3, -0.25) is 4.90 Å². The zero-order chi connectivity index (χ0) is 17.1. The fourth-order valence-electron chi connectivity index (χ4n) is 3.48. The van der Waals surface area contributed by atoms with E-state index in [1.807, 2.05) is 19.9 Å². The second-order valence-corrected chi connectivity index (χ2v) is 6.70. The van der Waals surface area contributed by atoms with Gasteiger partial charge in [-0.2, -0.15) is 0 Å². The second kappa shape index (κ2) is 7.36. The first-order valence-corrected chi connectivity index (χ1v) is 8.51. The average Bonchev–Trinajstić information content (AvgIpc) is 3.16. The van der Waals surface area contributed by atoms with E-state index in [4.69, 9.17) is 9.26 Å². The Kier molecular flexibility index (Phi) is 5.21. The van der Waals surface area contributed by atoms with E-state index in [0.717, 1.165) is 60.8 Å². The summed E-state index contributed by atoms with van der Waals surface area (Å²) in [5, 5.41) is 13.3. The van der Waals surface area contributed by atoms with Gasteiger partial charge in [0.2, 0.25) is 0 Å². The number of rotatable bonds is 6. The molecule has 130 valence electrons. The van der Waals surface area contributed by atoms with Crippen molar-refractivity contribution >= 4 is 0 Å². The number of aromatic nitrogens is 1. The maximum absolute atomic E-state index is 9.30. The van der Waals surface area contributed by atoms with Crippen LogP contribution in [0.15, 0.2) is 22.7 Å². The van der Waals surface area contributed by atoms with Gasteiger partial charge in [0.1, 0.15) is 11.5 Å². The van der Waals surface area contributed by atoms with Gasteiger partial charge in [-0.15, -0.1) is 0 Å². The second-order valence-electron chi connectivity index (χ2n) is 6.70. The summed E-state index contributed by atoms with van der Waals surface area (Å²) in [5.41, 5.74) is 4.50. The molecule has 1 aromatic heterocycles. The summed E-state index contributed by atoms with van der Waals surface area (Å²) < 4.78 is 10.8. The van der Waals surface area contributed by atoms with E-state index in [2.05, 4.69) is 22.2 Å². The lowest BCUT2D eigenvalue weighted by atomic mass is 10.0. The zero-order valence-corrected chi connectivity index (χ0v) is 14.7. The summed E-state index contributed by atoms with van der Waals surface area (Å²) >= 11 is 0. The molecule has 0 spiro atoms. The van der Waals surface area contributed by atoms with Crippen molar-refractivity contribution in [2.75, 3.05) is 26.8 Å². The molecule has 5 heteroatoms. The van der Waals surface area contributed by atoms with Crippen LogP contribution in [0.2, 0.25) is 0 Å². The van der Waals surface area contributed by atoms with Crippen LogP contribution in [0.4, 0.5) is 0 Å². The Morgan fingerprint density at radius 3 is 2.83 bits per heavy atom. The Morgan fingerprint density at radius 2 is 2.21 bits per heavy atom. The molecule has 5 nitrogen and oxygen atoms in total. The quantitative estimate of drug-likeness (QED) is 0.882. The predicted octanol–water partition coefficient (Wildman–Crippen LogP) is 2.71. The van der Waals surface area contributed by atoms with E-state index >= 15 is 0 Å². The number of methoxy groups -OCH3 is 1. The van der Waals surface area contributed by atoms with Crippen LogP contribution >= 0.6 is 0 Å². The van der Waals surface area contributed by atoms with Gasteiger partial charge >= 0.3 is 0 Å². The minimum atomic E-state index is 0.288. The topological polar surface area (TPSA) is 58.7 Å². The fourth-order valence-corrected chi connectivity index (χ4v) is 3.48. The van der Waals surface area contributed by atoms with Crippen LogP contribution in [0.5, 0.6) is 5.75 Å². The minimum absolute atomic E-state index is 0.288. The molecule has 1 fully saturated rings. The van der Waals surface area contributed by atoms with Gasteiger partial charge in [0.05, 0.1) is 12.8 Å². The molecule has 0 bridgehead atoms. The van der Waals surface area contributed by atoms with Crippen molar-refractivity contribution in [1.29, 1.82) is 0 Å². The third-order valence-electron chi connectivity index (χ3n) is 4.93. The summed E-state index contributed by atoms with van der Waals surface area (Å²) in [6, 6.07) is 6.39. The van der Waals surface area contributed by atoms with Crippen LogP contribution in [0.3, 0.4) is 0 Å². The lowest BCUT2D eigenvalue weighted by Crippen LogP contribution is -2.21. The molecule has 0 unspecified atom stereocenters. The molecule has 3 rings (SSSR count). The van der Waals surface area contributed by atoms with Gasteiger partial charge in [0.15, 0.2) is 0 Å². The first-order valence-electron chi connectivity index (χ1n) is 8.51. The molecule has 1 aromatic carbocycles. The summed E-state index contributed by atoms with van der Waals surface area (Å²) in [5.74, 6) is 2.18. The highest BCUT2D eigenvalue weighted by atomic mass is 16.5. The van der Waals surface area contributed by atoms with Crippen molar-refractivity contribution in [1.82, 2.24) is 10.1 Å². The highest BCUT2D eigenvalue weighted by Crippen LogP contribution is 2.27. The summed E-state index contributed by atoms with van der Waals surface area (Å²) in [4.78, 5) is 2.41. The number of aliphatic hydroxyl groups is 1. The van der Waals surface area contributed by atoms with E-state index < -0.39 is 0 Å². The van der Waals surface area contributed by atoms with Gasteiger partial charge in [-0.05, 0) is 49.9 Å². The number of likely N-dealkylation sites (tertiary alicyclic amines) is 1. The van der Waals surface area contributed by atoms with Crippen molar-refractivity contribution in [3.05, 3.63) is 46.3 Å². The van der Waals surface area contributed by atoms with E-state index in [1.54, 1.807) is 7.11 Å². The van der Waals surface area contributed by atoms with E-state index in [1.165, 1.54) is 5.56 Å². The molecule has 0 amide bonds. The molecular weight excluding hydrogens is 304 g/mol. The zero-order valence-electron chi connectivity index (χ0n) is 14.7. The molecule has 1 saturated heterocycles. The van der Waals surface area contributed by atoms with Crippen molar-refractivity contribution in [2.45, 2.75) is 33.2 Å². The standard InChI is InChI=1S/C19H26N2O3/c1-13-18(14(2)24-20-13)9-17-8-15(4-5-19(17)23-3)10-21-7-6-16(11-21)12-22/h4-5,8,16,22H,6-7,9-12H2,1-3H3/t16-/m0/s1. The molecule has 2 heterocycles. The van der Waals surface area contributed by atoms with Crippen LogP contribution in [-0.2, 0) is 13.0 Å². The van der Waals surface area contributed by atoms with Crippen LogP contribution in [0.1, 0.15) is 34.6 Å². The maximum Gasteiger partial charge on any atom is 0.137 e. The number of aliphatic hydroxyl groups excluding tert-OH is 1. The molecule has 0 aliphatic carbocycles. The number of nitrogens with zero attached hydrogens (tertiary/aromatic N) is 2. The Hall–Kier alpha value is -1.85.